The Labute approximate surface area is 223 Å². The summed E-state index contributed by atoms with van der Waals surface area (Å²) in [5.74, 6) is 2.06. The summed E-state index contributed by atoms with van der Waals surface area (Å²) in [5, 5.41) is 18.1. The number of fused-ring (bicyclic) bond motifs is 2. The lowest BCUT2D eigenvalue weighted by molar-refractivity contribution is -0.146. The summed E-state index contributed by atoms with van der Waals surface area (Å²) >= 11 is 1.48. The minimum atomic E-state index is -0.766. The number of aliphatic hydroxyl groups excluding tert-OH is 1. The summed E-state index contributed by atoms with van der Waals surface area (Å²) < 4.78 is 17.0. The Morgan fingerprint density at radius 2 is 1.89 bits per heavy atom. The van der Waals surface area contributed by atoms with Crippen molar-refractivity contribution in [2.75, 3.05) is 32.9 Å². The summed E-state index contributed by atoms with van der Waals surface area (Å²) in [6.45, 7) is 10.2. The van der Waals surface area contributed by atoms with E-state index in [1.165, 1.54) is 11.8 Å². The van der Waals surface area contributed by atoms with E-state index >= 15 is 0 Å². The summed E-state index contributed by atoms with van der Waals surface area (Å²) in [7, 11) is 0. The molecule has 1 aromatic heterocycles. The maximum Gasteiger partial charge on any atom is 0.291 e. The number of hydrogen-bond donors (Lipinski definition) is 2. The summed E-state index contributed by atoms with van der Waals surface area (Å²) in [6.07, 6.45) is 4.74. The maximum absolute atomic E-state index is 13.5. The van der Waals surface area contributed by atoms with Crippen LogP contribution < -0.4 is 10.1 Å². The van der Waals surface area contributed by atoms with Crippen LogP contribution in [0.2, 0.25) is 0 Å². The van der Waals surface area contributed by atoms with Gasteiger partial charge in [-0.3, -0.25) is 9.59 Å². The van der Waals surface area contributed by atoms with E-state index in [9.17, 15) is 14.7 Å². The molecule has 3 aliphatic carbocycles. The molecule has 0 spiro atoms. The molecule has 4 unspecified atom stereocenters. The number of hydrogen-bond acceptors (Lipinski definition) is 8. The lowest BCUT2D eigenvalue weighted by Crippen LogP contribution is -2.48. The average Bonchev–Trinajstić information content (AvgIpc) is 3.31. The van der Waals surface area contributed by atoms with Gasteiger partial charge in [0.15, 0.2) is 0 Å². The Bertz CT molecular complexity index is 991. The topological polar surface area (TPSA) is 114 Å². The van der Waals surface area contributed by atoms with Gasteiger partial charge in [0.2, 0.25) is 11.7 Å². The van der Waals surface area contributed by atoms with Crippen molar-refractivity contribution in [2.45, 2.75) is 82.1 Å². The molecule has 0 aromatic carbocycles. The summed E-state index contributed by atoms with van der Waals surface area (Å²) in [5.41, 5.74) is -0.766. The van der Waals surface area contributed by atoms with Crippen LogP contribution in [0.1, 0.15) is 70.4 Å². The molecule has 10 heteroatoms. The lowest BCUT2D eigenvalue weighted by Gasteiger charge is -2.33. The molecule has 2 N–H and O–H groups in total. The average molecular weight is 536 g/mol. The van der Waals surface area contributed by atoms with E-state index in [0.29, 0.717) is 54.9 Å². The van der Waals surface area contributed by atoms with Crippen LogP contribution in [0.25, 0.3) is 0 Å². The molecular formula is C27H41N3O6S. The van der Waals surface area contributed by atoms with Crippen LogP contribution >= 0.6 is 11.8 Å². The zero-order valence-corrected chi connectivity index (χ0v) is 23.2. The number of thioether (sulfide) groups is 1. The van der Waals surface area contributed by atoms with Crippen LogP contribution in [0.15, 0.2) is 9.42 Å². The number of amides is 2. The third-order valence-electron chi connectivity index (χ3n) is 8.53. The van der Waals surface area contributed by atoms with Crippen LogP contribution in [-0.4, -0.2) is 77.3 Å². The van der Waals surface area contributed by atoms with Crippen LogP contribution in [0.4, 0.5) is 0 Å². The highest BCUT2D eigenvalue weighted by molar-refractivity contribution is 8.00. The largest absolute Gasteiger partial charge is 0.474 e. The van der Waals surface area contributed by atoms with Crippen LogP contribution in [0.3, 0.4) is 0 Å². The first-order valence-corrected chi connectivity index (χ1v) is 14.7. The van der Waals surface area contributed by atoms with Gasteiger partial charge in [0.25, 0.3) is 11.8 Å². The van der Waals surface area contributed by atoms with E-state index in [-0.39, 0.29) is 47.5 Å². The number of ether oxygens (including phenoxy) is 2. The number of carbonyl (C=O) groups is 2. The molecule has 2 heterocycles. The second-order valence-electron chi connectivity index (χ2n) is 12.3. The minimum Gasteiger partial charge on any atom is -0.474 e. The molecule has 3 bridgehead atoms. The zero-order chi connectivity index (χ0) is 26.3. The van der Waals surface area contributed by atoms with E-state index in [0.717, 1.165) is 32.1 Å². The molecule has 2 amide bonds. The van der Waals surface area contributed by atoms with E-state index in [2.05, 4.69) is 10.5 Å². The van der Waals surface area contributed by atoms with Crippen LogP contribution in [-0.2, 0) is 9.53 Å². The van der Waals surface area contributed by atoms with Gasteiger partial charge < -0.3 is 29.3 Å². The Kier molecular flexibility index (Phi) is 7.80. The van der Waals surface area contributed by atoms with Crippen LogP contribution in [0.5, 0.6) is 5.88 Å². The number of aromatic nitrogens is 1. The lowest BCUT2D eigenvalue weighted by atomic mass is 9.79. The highest BCUT2D eigenvalue weighted by atomic mass is 32.2. The van der Waals surface area contributed by atoms with E-state index in [1.807, 2.05) is 32.6 Å². The molecule has 5 rings (SSSR count). The monoisotopic (exact) mass is 535 g/mol. The van der Waals surface area contributed by atoms with Gasteiger partial charge in [-0.05, 0) is 74.8 Å². The minimum absolute atomic E-state index is 0.00986. The van der Waals surface area contributed by atoms with E-state index < -0.39 is 5.41 Å². The fourth-order valence-electron chi connectivity index (χ4n) is 6.94. The molecule has 0 radical (unpaired) electrons. The van der Waals surface area contributed by atoms with E-state index in [4.69, 9.17) is 14.0 Å². The van der Waals surface area contributed by atoms with Crippen molar-refractivity contribution in [1.29, 1.82) is 0 Å². The van der Waals surface area contributed by atoms with Crippen molar-refractivity contribution in [3.8, 4) is 5.88 Å². The van der Waals surface area contributed by atoms with Gasteiger partial charge in [0.1, 0.15) is 11.5 Å². The molecule has 4 aliphatic rings. The molecule has 4 fully saturated rings. The Hall–Kier alpha value is -1.78. The molecule has 6 atom stereocenters. The normalized spacial score (nSPS) is 31.5. The van der Waals surface area contributed by atoms with Gasteiger partial charge in [-0.2, -0.15) is 0 Å². The highest BCUT2D eigenvalue weighted by Gasteiger charge is 2.51. The Balaban J connectivity index is 1.29. The maximum atomic E-state index is 13.5. The van der Waals surface area contributed by atoms with Crippen molar-refractivity contribution < 1.29 is 28.7 Å². The summed E-state index contributed by atoms with van der Waals surface area (Å²) in [6, 6.07) is 0.0499. The summed E-state index contributed by atoms with van der Waals surface area (Å²) in [4.78, 5) is 29.0. The number of nitrogens with one attached hydrogen (secondary N) is 1. The smallest absolute Gasteiger partial charge is 0.291 e. The molecule has 37 heavy (non-hydrogen) atoms. The predicted molar refractivity (Wildman–Crippen MR) is 138 cm³/mol. The molecule has 1 aliphatic heterocycles. The Morgan fingerprint density at radius 3 is 2.62 bits per heavy atom. The number of aliphatic hydroxyl groups is 1. The fraction of sp³-hybridized carbons (Fsp3) is 0.815. The number of nitrogens with zero attached hydrogens (tertiary/aromatic N) is 2. The number of rotatable bonds is 8. The molecule has 1 saturated heterocycles. The molecule has 9 nitrogen and oxygen atoms in total. The Morgan fingerprint density at radius 1 is 1.16 bits per heavy atom. The first-order chi connectivity index (χ1) is 17.6. The van der Waals surface area contributed by atoms with E-state index in [1.54, 1.807) is 0 Å². The van der Waals surface area contributed by atoms with Gasteiger partial charge in [-0.1, -0.05) is 13.8 Å². The standard InChI is InChI=1S/C27H41N3O6S/c1-15(2)37-23-22(24(32)28-21-18-10-16-9-17(12-18)20(21)13-19(31)11-16)36-29-25(23)35-14-27(3,4)26(33)30-5-7-34-8-6-30/h15-21,31H,5-14H2,1-4H3,(H,28,32)/t16?,17?,18?,19-,20?,21+/m0/s1. The molecule has 1 aromatic rings. The van der Waals surface area contributed by atoms with Crippen LogP contribution in [0, 0.1) is 29.1 Å². The zero-order valence-electron chi connectivity index (χ0n) is 22.4. The second kappa shape index (κ2) is 10.8. The van der Waals surface area contributed by atoms with Gasteiger partial charge in [0.05, 0.1) is 24.7 Å². The molecular weight excluding hydrogens is 494 g/mol. The van der Waals surface area contributed by atoms with Crippen molar-refractivity contribution in [2.24, 2.45) is 29.1 Å². The first-order valence-electron chi connectivity index (χ1n) is 13.8. The second-order valence-corrected chi connectivity index (χ2v) is 13.9. The molecule has 206 valence electrons. The van der Waals surface area contributed by atoms with Crippen molar-refractivity contribution in [3.63, 3.8) is 0 Å². The van der Waals surface area contributed by atoms with Gasteiger partial charge in [0, 0.05) is 24.4 Å². The van der Waals surface area contributed by atoms with Crippen molar-refractivity contribution in [1.82, 2.24) is 15.4 Å². The highest BCUT2D eigenvalue weighted by Crippen LogP contribution is 2.53. The van der Waals surface area contributed by atoms with Crippen molar-refractivity contribution >= 4 is 23.6 Å². The number of morpholine rings is 1. The van der Waals surface area contributed by atoms with Crippen molar-refractivity contribution in [3.05, 3.63) is 5.76 Å². The molecule has 3 saturated carbocycles. The predicted octanol–water partition coefficient (Wildman–Crippen LogP) is 3.35. The fourth-order valence-corrected chi connectivity index (χ4v) is 7.84. The quantitative estimate of drug-likeness (QED) is 0.487. The first kappa shape index (κ1) is 26.8. The van der Waals surface area contributed by atoms with Gasteiger partial charge >= 0.3 is 0 Å². The van der Waals surface area contributed by atoms with Gasteiger partial charge in [-0.25, -0.2) is 0 Å². The third-order valence-corrected chi connectivity index (χ3v) is 9.59. The van der Waals surface area contributed by atoms with Gasteiger partial charge in [-0.15, -0.1) is 11.8 Å². The third kappa shape index (κ3) is 5.66. The SMILES string of the molecule is CC(C)Sc1c(OCC(C)(C)C(=O)N2CCOCC2)noc1C(=O)N[C@@H]1C2CC3CC(C2)C1C[C@@H](O)C3. The number of carbonyl (C=O) groups excluding carboxylic acids is 2.